The van der Waals surface area contributed by atoms with Gasteiger partial charge in [0.2, 0.25) is 0 Å². The fourth-order valence-electron chi connectivity index (χ4n) is 3.45. The van der Waals surface area contributed by atoms with Crippen molar-refractivity contribution in [2.24, 2.45) is 0 Å². The predicted molar refractivity (Wildman–Crippen MR) is 121 cm³/mol. The van der Waals surface area contributed by atoms with Crippen LogP contribution in [0.2, 0.25) is 0 Å². The van der Waals surface area contributed by atoms with Crippen molar-refractivity contribution in [2.45, 2.75) is 13.5 Å². The Hall–Kier alpha value is -4.20. The first-order chi connectivity index (χ1) is 15.5. The van der Waals surface area contributed by atoms with Gasteiger partial charge in [0.25, 0.3) is 5.91 Å². The Labute approximate surface area is 184 Å². The molecule has 0 bridgehead atoms. The number of rotatable bonds is 6. The molecule has 1 N–H and O–H groups in total. The Bertz CT molecular complexity index is 1300. The molecule has 2 heterocycles. The van der Waals surface area contributed by atoms with Gasteiger partial charge in [-0.1, -0.05) is 30.3 Å². The van der Waals surface area contributed by atoms with Crippen molar-refractivity contribution in [1.82, 2.24) is 14.8 Å². The second kappa shape index (κ2) is 8.89. The molecule has 0 aliphatic carbocycles. The second-order valence-electron chi connectivity index (χ2n) is 6.98. The number of carbonyl (C=O) groups is 2. The van der Waals surface area contributed by atoms with Gasteiger partial charge in [0.15, 0.2) is 5.65 Å². The Morgan fingerprint density at radius 2 is 1.81 bits per heavy atom. The van der Waals surface area contributed by atoms with Gasteiger partial charge in [-0.15, -0.1) is 0 Å². The number of aromatic nitrogens is 3. The summed E-state index contributed by atoms with van der Waals surface area (Å²) in [7, 11) is 2.78. The van der Waals surface area contributed by atoms with Crippen LogP contribution in [-0.4, -0.2) is 40.9 Å². The Kier molecular flexibility index (Phi) is 5.85. The maximum Gasteiger partial charge on any atom is 0.340 e. The molecule has 2 aromatic carbocycles. The Balaban J connectivity index is 1.81. The number of nitrogens with one attached hydrogen (secondary N) is 1. The van der Waals surface area contributed by atoms with E-state index in [0.29, 0.717) is 40.3 Å². The molecule has 0 spiro atoms. The summed E-state index contributed by atoms with van der Waals surface area (Å²) in [6.07, 6.45) is 1.63. The van der Waals surface area contributed by atoms with Crippen LogP contribution in [0.25, 0.3) is 22.3 Å². The highest BCUT2D eigenvalue weighted by molar-refractivity contribution is 6.14. The molecule has 0 atom stereocenters. The number of carbonyl (C=O) groups excluding carboxylic acids is 2. The monoisotopic (exact) mass is 430 g/mol. The zero-order valence-corrected chi connectivity index (χ0v) is 18.0. The van der Waals surface area contributed by atoms with Crippen LogP contribution in [0.4, 0.5) is 5.69 Å². The van der Waals surface area contributed by atoms with Gasteiger partial charge in [-0.2, -0.15) is 5.10 Å². The van der Waals surface area contributed by atoms with Crippen LogP contribution < -0.4 is 10.1 Å². The maximum atomic E-state index is 13.4. The number of pyridine rings is 1. The molecule has 4 aromatic rings. The van der Waals surface area contributed by atoms with E-state index in [2.05, 4.69) is 10.4 Å². The molecule has 0 saturated carbocycles. The van der Waals surface area contributed by atoms with Gasteiger partial charge in [0.05, 0.1) is 48.3 Å². The van der Waals surface area contributed by atoms with E-state index < -0.39 is 5.97 Å². The zero-order chi connectivity index (χ0) is 22.7. The van der Waals surface area contributed by atoms with E-state index in [0.717, 1.165) is 5.56 Å². The van der Waals surface area contributed by atoms with Crippen molar-refractivity contribution in [3.63, 3.8) is 0 Å². The van der Waals surface area contributed by atoms with Crippen molar-refractivity contribution in [3.05, 3.63) is 71.9 Å². The first-order valence-electron chi connectivity index (χ1n) is 10.1. The molecule has 0 unspecified atom stereocenters. The van der Waals surface area contributed by atoms with Crippen LogP contribution in [0, 0.1) is 0 Å². The van der Waals surface area contributed by atoms with Crippen molar-refractivity contribution >= 4 is 28.6 Å². The molecule has 0 fully saturated rings. The standard InChI is InChI=1S/C24H22N4O4/c1-4-28-22-19(14-25-28)17(13-21(26-22)15-8-6-5-7-9-15)23(29)27-20-11-10-16(31-2)12-18(20)24(30)32-3/h5-14H,4H2,1-3H3,(H,27,29). The summed E-state index contributed by atoms with van der Waals surface area (Å²) >= 11 is 0. The van der Waals surface area contributed by atoms with E-state index in [1.54, 1.807) is 29.1 Å². The van der Waals surface area contributed by atoms with Crippen LogP contribution in [0.15, 0.2) is 60.8 Å². The highest BCUT2D eigenvalue weighted by Gasteiger charge is 2.20. The van der Waals surface area contributed by atoms with Crippen molar-refractivity contribution < 1.29 is 19.1 Å². The molecule has 0 aliphatic rings. The minimum Gasteiger partial charge on any atom is -0.497 e. The lowest BCUT2D eigenvalue weighted by atomic mass is 10.1. The first kappa shape index (κ1) is 21.0. The van der Waals surface area contributed by atoms with Crippen LogP contribution in [0.3, 0.4) is 0 Å². The molecule has 8 heteroatoms. The number of ether oxygens (including phenoxy) is 2. The third kappa shape index (κ3) is 3.90. The van der Waals surface area contributed by atoms with E-state index in [9.17, 15) is 9.59 Å². The lowest BCUT2D eigenvalue weighted by Gasteiger charge is -2.13. The summed E-state index contributed by atoms with van der Waals surface area (Å²) in [5, 5.41) is 7.82. The molecule has 0 saturated heterocycles. The average molecular weight is 430 g/mol. The molecule has 32 heavy (non-hydrogen) atoms. The number of benzene rings is 2. The molecule has 0 radical (unpaired) electrons. The smallest absolute Gasteiger partial charge is 0.340 e. The maximum absolute atomic E-state index is 13.4. The molecule has 2 aromatic heterocycles. The number of hydrogen-bond donors (Lipinski definition) is 1. The van der Waals surface area contributed by atoms with E-state index in [1.807, 2.05) is 37.3 Å². The summed E-state index contributed by atoms with van der Waals surface area (Å²) < 4.78 is 11.8. The third-order valence-electron chi connectivity index (χ3n) is 5.10. The first-order valence-corrected chi connectivity index (χ1v) is 10.1. The summed E-state index contributed by atoms with van der Waals surface area (Å²) in [5.74, 6) is -0.492. The van der Waals surface area contributed by atoms with E-state index >= 15 is 0 Å². The number of anilines is 1. The fourth-order valence-corrected chi connectivity index (χ4v) is 3.45. The van der Waals surface area contributed by atoms with E-state index in [-0.39, 0.29) is 11.5 Å². The van der Waals surface area contributed by atoms with Crippen LogP contribution in [0.1, 0.15) is 27.6 Å². The second-order valence-corrected chi connectivity index (χ2v) is 6.98. The molecule has 1 amide bonds. The number of amides is 1. The number of hydrogen-bond acceptors (Lipinski definition) is 6. The van der Waals surface area contributed by atoms with Crippen molar-refractivity contribution in [1.29, 1.82) is 0 Å². The molecular weight excluding hydrogens is 408 g/mol. The molecule has 8 nitrogen and oxygen atoms in total. The predicted octanol–water partition coefficient (Wildman–Crippen LogP) is 4.17. The third-order valence-corrected chi connectivity index (χ3v) is 5.10. The normalized spacial score (nSPS) is 10.7. The van der Waals surface area contributed by atoms with E-state index in [4.69, 9.17) is 14.5 Å². The van der Waals surface area contributed by atoms with E-state index in [1.165, 1.54) is 20.3 Å². The van der Waals surface area contributed by atoms with Crippen molar-refractivity contribution in [2.75, 3.05) is 19.5 Å². The van der Waals surface area contributed by atoms with Gasteiger partial charge in [-0.05, 0) is 31.2 Å². The summed E-state index contributed by atoms with van der Waals surface area (Å²) in [6, 6.07) is 16.1. The lowest BCUT2D eigenvalue weighted by molar-refractivity contribution is 0.0601. The summed E-state index contributed by atoms with van der Waals surface area (Å²) in [4.78, 5) is 30.4. The number of methoxy groups -OCH3 is 2. The number of fused-ring (bicyclic) bond motifs is 1. The highest BCUT2D eigenvalue weighted by Crippen LogP contribution is 2.27. The van der Waals surface area contributed by atoms with Gasteiger partial charge >= 0.3 is 5.97 Å². The number of aryl methyl sites for hydroxylation is 1. The van der Waals surface area contributed by atoms with Gasteiger partial charge in [-0.3, -0.25) is 4.79 Å². The molecule has 4 rings (SSSR count). The number of nitrogens with zero attached hydrogens (tertiary/aromatic N) is 3. The quantitative estimate of drug-likeness (QED) is 0.462. The minimum absolute atomic E-state index is 0.193. The molecular formula is C24H22N4O4. The van der Waals surface area contributed by atoms with Crippen LogP contribution in [-0.2, 0) is 11.3 Å². The van der Waals surface area contributed by atoms with Crippen LogP contribution >= 0.6 is 0 Å². The Morgan fingerprint density at radius 1 is 1.03 bits per heavy atom. The lowest BCUT2D eigenvalue weighted by Crippen LogP contribution is -2.16. The summed E-state index contributed by atoms with van der Waals surface area (Å²) in [5.41, 5.74) is 3.06. The Morgan fingerprint density at radius 3 is 2.50 bits per heavy atom. The molecule has 0 aliphatic heterocycles. The zero-order valence-electron chi connectivity index (χ0n) is 18.0. The van der Waals surface area contributed by atoms with Gasteiger partial charge < -0.3 is 14.8 Å². The summed E-state index contributed by atoms with van der Waals surface area (Å²) in [6.45, 7) is 2.57. The minimum atomic E-state index is -0.581. The fraction of sp³-hybridized carbons (Fsp3) is 0.167. The van der Waals surface area contributed by atoms with Gasteiger partial charge in [-0.25, -0.2) is 14.5 Å². The number of esters is 1. The van der Waals surface area contributed by atoms with Crippen LogP contribution in [0.5, 0.6) is 5.75 Å². The topological polar surface area (TPSA) is 95.3 Å². The highest BCUT2D eigenvalue weighted by atomic mass is 16.5. The largest absolute Gasteiger partial charge is 0.497 e. The average Bonchev–Trinajstić information content (AvgIpc) is 3.26. The SMILES string of the molecule is CCn1ncc2c(C(=O)Nc3ccc(OC)cc3C(=O)OC)cc(-c3ccccc3)nc21. The molecule has 162 valence electrons. The van der Waals surface area contributed by atoms with Gasteiger partial charge in [0.1, 0.15) is 5.75 Å². The van der Waals surface area contributed by atoms with Gasteiger partial charge in [0, 0.05) is 12.1 Å². The van der Waals surface area contributed by atoms with Crippen molar-refractivity contribution in [3.8, 4) is 17.0 Å².